The highest BCUT2D eigenvalue weighted by molar-refractivity contribution is 9.10. The first-order valence-electron chi connectivity index (χ1n) is 7.27. The van der Waals surface area contributed by atoms with E-state index in [4.69, 9.17) is 16.3 Å². The molecule has 26 heavy (non-hydrogen) atoms. The number of nitro benzene ring substituents is 1. The second kappa shape index (κ2) is 9.69. The van der Waals surface area contributed by atoms with Crippen LogP contribution in [0.2, 0.25) is 5.02 Å². The third-order valence-corrected chi connectivity index (χ3v) is 3.84. The molecule has 0 heterocycles. The zero-order chi connectivity index (χ0) is 18.9. The van der Waals surface area contributed by atoms with Crippen molar-refractivity contribution in [3.8, 4) is 5.75 Å². The maximum Gasteiger partial charge on any atom is 0.312 e. The maximum atomic E-state index is 11.7. The highest BCUT2D eigenvalue weighted by Crippen LogP contribution is 2.29. The number of halogens is 2. The van der Waals surface area contributed by atoms with Crippen molar-refractivity contribution < 1.29 is 14.5 Å². The molecule has 2 aromatic carbocycles. The first-order chi connectivity index (χ1) is 12.5. The van der Waals surface area contributed by atoms with Crippen molar-refractivity contribution in [2.45, 2.75) is 0 Å². The minimum Gasteiger partial charge on any atom is -0.477 e. The van der Waals surface area contributed by atoms with Crippen molar-refractivity contribution in [1.82, 2.24) is 5.43 Å². The summed E-state index contributed by atoms with van der Waals surface area (Å²) in [6.45, 7) is -0.409. The highest BCUT2D eigenvalue weighted by Gasteiger charge is 2.16. The maximum absolute atomic E-state index is 11.7. The van der Waals surface area contributed by atoms with E-state index in [0.717, 1.165) is 5.56 Å². The number of nitrogens with one attached hydrogen (secondary N) is 1. The zero-order valence-corrected chi connectivity index (χ0v) is 15.6. The number of hydrogen-bond donors (Lipinski definition) is 1. The second-order valence-corrected chi connectivity index (χ2v) is 6.17. The fourth-order valence-corrected chi connectivity index (χ4v) is 2.39. The fraction of sp³-hybridized carbons (Fsp3) is 0.0588. The van der Waals surface area contributed by atoms with Gasteiger partial charge in [-0.3, -0.25) is 14.9 Å². The van der Waals surface area contributed by atoms with Gasteiger partial charge < -0.3 is 4.74 Å². The SMILES string of the molecule is O=C(COc1ccc(Br)cc1[N+](=O)[O-])N/N=C/C=C/c1ccccc1Cl. The van der Waals surface area contributed by atoms with E-state index in [-0.39, 0.29) is 11.4 Å². The summed E-state index contributed by atoms with van der Waals surface area (Å²) in [6.07, 6.45) is 4.73. The van der Waals surface area contributed by atoms with E-state index in [1.54, 1.807) is 24.3 Å². The average molecular weight is 439 g/mol. The Hall–Kier alpha value is -2.71. The van der Waals surface area contributed by atoms with Gasteiger partial charge in [0.05, 0.1) is 4.92 Å². The third kappa shape index (κ3) is 5.98. The van der Waals surface area contributed by atoms with Crippen LogP contribution in [0.1, 0.15) is 5.56 Å². The molecule has 0 unspecified atom stereocenters. The van der Waals surface area contributed by atoms with E-state index in [0.29, 0.717) is 9.50 Å². The van der Waals surface area contributed by atoms with Crippen molar-refractivity contribution in [3.05, 3.63) is 73.7 Å². The molecule has 0 radical (unpaired) electrons. The first-order valence-corrected chi connectivity index (χ1v) is 8.44. The van der Waals surface area contributed by atoms with Gasteiger partial charge in [-0.2, -0.15) is 5.10 Å². The topological polar surface area (TPSA) is 93.8 Å². The highest BCUT2D eigenvalue weighted by atomic mass is 79.9. The number of allylic oxidation sites excluding steroid dienone is 1. The van der Waals surface area contributed by atoms with Crippen LogP contribution < -0.4 is 10.2 Å². The molecule has 0 spiro atoms. The van der Waals surface area contributed by atoms with Gasteiger partial charge >= 0.3 is 5.69 Å². The number of carbonyl (C=O) groups is 1. The summed E-state index contributed by atoms with van der Waals surface area (Å²) in [5.74, 6) is -0.555. The van der Waals surface area contributed by atoms with Gasteiger partial charge in [-0.05, 0) is 29.8 Å². The standard InChI is InChI=1S/C17H13BrClN3O4/c18-13-7-8-16(15(10-13)22(24)25)26-11-17(23)21-20-9-3-5-12-4-1-2-6-14(12)19/h1-10H,11H2,(H,21,23)/b5-3+,20-9+. The predicted molar refractivity (Wildman–Crippen MR) is 103 cm³/mol. The molecule has 0 atom stereocenters. The van der Waals surface area contributed by atoms with Gasteiger partial charge in [0.25, 0.3) is 5.91 Å². The molecule has 7 nitrogen and oxygen atoms in total. The van der Waals surface area contributed by atoms with E-state index >= 15 is 0 Å². The molecule has 0 bridgehead atoms. The second-order valence-electron chi connectivity index (χ2n) is 4.85. The Morgan fingerprint density at radius 2 is 2.12 bits per heavy atom. The molecule has 1 N–H and O–H groups in total. The Balaban J connectivity index is 1.84. The number of carbonyl (C=O) groups excluding carboxylic acids is 1. The van der Waals surface area contributed by atoms with Crippen LogP contribution in [0.5, 0.6) is 5.75 Å². The first kappa shape index (κ1) is 19.6. The minimum absolute atomic E-state index is 0.00375. The summed E-state index contributed by atoms with van der Waals surface area (Å²) in [7, 11) is 0. The molecular weight excluding hydrogens is 426 g/mol. The molecule has 0 aromatic heterocycles. The average Bonchev–Trinajstić information content (AvgIpc) is 2.61. The van der Waals surface area contributed by atoms with Crippen molar-refractivity contribution in [1.29, 1.82) is 0 Å². The molecule has 2 aromatic rings. The lowest BCUT2D eigenvalue weighted by Crippen LogP contribution is -2.24. The van der Waals surface area contributed by atoms with Crippen molar-refractivity contribution in [3.63, 3.8) is 0 Å². The van der Waals surface area contributed by atoms with E-state index in [9.17, 15) is 14.9 Å². The molecule has 9 heteroatoms. The van der Waals surface area contributed by atoms with Crippen molar-refractivity contribution in [2.75, 3.05) is 6.61 Å². The van der Waals surface area contributed by atoms with Gasteiger partial charge in [-0.25, -0.2) is 5.43 Å². The summed E-state index contributed by atoms with van der Waals surface area (Å²) in [5, 5.41) is 15.3. The lowest BCUT2D eigenvalue weighted by atomic mass is 10.2. The van der Waals surface area contributed by atoms with Crippen LogP contribution in [0, 0.1) is 10.1 Å². The Morgan fingerprint density at radius 1 is 1.35 bits per heavy atom. The van der Waals surface area contributed by atoms with Crippen LogP contribution in [0.3, 0.4) is 0 Å². The number of amides is 1. The van der Waals surface area contributed by atoms with E-state index in [1.807, 2.05) is 18.2 Å². The number of rotatable bonds is 7. The molecule has 0 saturated heterocycles. The molecule has 0 aliphatic rings. The quantitative estimate of drug-likeness (QED) is 0.398. The number of ether oxygens (including phenoxy) is 1. The lowest BCUT2D eigenvalue weighted by Gasteiger charge is -2.05. The minimum atomic E-state index is -0.588. The number of nitrogens with zero attached hydrogens (tertiary/aromatic N) is 2. The molecule has 0 fully saturated rings. The number of hydrogen-bond acceptors (Lipinski definition) is 5. The summed E-state index contributed by atoms with van der Waals surface area (Å²) in [4.78, 5) is 22.1. The molecule has 2 rings (SSSR count). The van der Waals surface area contributed by atoms with Gasteiger partial charge in [0.1, 0.15) is 0 Å². The van der Waals surface area contributed by atoms with Crippen LogP contribution in [0.15, 0.2) is 58.1 Å². The Kier molecular flexibility index (Phi) is 7.31. The van der Waals surface area contributed by atoms with Crippen LogP contribution in [-0.2, 0) is 4.79 Å². The summed E-state index contributed by atoms with van der Waals surface area (Å²) in [5.41, 5.74) is 2.84. The van der Waals surface area contributed by atoms with Gasteiger partial charge in [-0.1, -0.05) is 51.8 Å². The monoisotopic (exact) mass is 437 g/mol. The van der Waals surface area contributed by atoms with Gasteiger partial charge in [-0.15, -0.1) is 0 Å². The third-order valence-electron chi connectivity index (χ3n) is 3.01. The summed E-state index contributed by atoms with van der Waals surface area (Å²) < 4.78 is 5.71. The van der Waals surface area contributed by atoms with Gasteiger partial charge in [0.15, 0.2) is 12.4 Å². The zero-order valence-electron chi connectivity index (χ0n) is 13.3. The van der Waals surface area contributed by atoms with Gasteiger partial charge in [0.2, 0.25) is 0 Å². The number of benzene rings is 2. The van der Waals surface area contributed by atoms with Crippen LogP contribution in [0.4, 0.5) is 5.69 Å². The lowest BCUT2D eigenvalue weighted by molar-refractivity contribution is -0.385. The van der Waals surface area contributed by atoms with E-state index in [2.05, 4.69) is 26.5 Å². The van der Waals surface area contributed by atoms with Crippen molar-refractivity contribution >= 4 is 51.4 Å². The smallest absolute Gasteiger partial charge is 0.312 e. The summed E-state index contributed by atoms with van der Waals surface area (Å²) in [6, 6.07) is 11.6. The molecule has 0 aliphatic heterocycles. The Morgan fingerprint density at radius 3 is 2.85 bits per heavy atom. The fourth-order valence-electron chi connectivity index (χ4n) is 1.84. The van der Waals surface area contributed by atoms with Crippen LogP contribution in [-0.4, -0.2) is 23.7 Å². The van der Waals surface area contributed by atoms with E-state index in [1.165, 1.54) is 18.3 Å². The van der Waals surface area contributed by atoms with Crippen LogP contribution in [0.25, 0.3) is 6.08 Å². The summed E-state index contributed by atoms with van der Waals surface area (Å²) >= 11 is 9.14. The molecule has 0 aliphatic carbocycles. The number of nitro groups is 1. The van der Waals surface area contributed by atoms with Gasteiger partial charge in [0, 0.05) is 21.8 Å². The molecular formula is C17H13BrClN3O4. The Bertz CT molecular complexity index is 871. The number of hydrazone groups is 1. The molecule has 0 saturated carbocycles. The van der Waals surface area contributed by atoms with Crippen LogP contribution >= 0.6 is 27.5 Å². The van der Waals surface area contributed by atoms with E-state index < -0.39 is 17.4 Å². The molecule has 134 valence electrons. The Labute approximate surface area is 162 Å². The predicted octanol–water partition coefficient (Wildman–Crippen LogP) is 4.20. The normalized spacial score (nSPS) is 11.0. The molecule has 1 amide bonds. The van der Waals surface area contributed by atoms with Crippen molar-refractivity contribution in [2.24, 2.45) is 5.10 Å². The largest absolute Gasteiger partial charge is 0.477 e.